The predicted molar refractivity (Wildman–Crippen MR) is 116 cm³/mol. The van der Waals surface area contributed by atoms with E-state index in [1.807, 2.05) is 13.1 Å². The van der Waals surface area contributed by atoms with Crippen LogP contribution in [-0.2, 0) is 13.0 Å². The van der Waals surface area contributed by atoms with Gasteiger partial charge in [0.05, 0.1) is 14.2 Å². The maximum absolute atomic E-state index is 5.38. The average molecular weight is 403 g/mol. The van der Waals surface area contributed by atoms with Crippen LogP contribution in [-0.4, -0.2) is 57.8 Å². The highest BCUT2D eigenvalue weighted by Gasteiger charge is 2.23. The summed E-state index contributed by atoms with van der Waals surface area (Å²) in [5.41, 5.74) is 1.20. The van der Waals surface area contributed by atoms with Crippen LogP contribution < -0.4 is 20.1 Å². The molecule has 0 saturated carbocycles. The third-order valence-corrected chi connectivity index (χ3v) is 5.83. The number of likely N-dealkylation sites (tertiary alicyclic amines) is 1. The Morgan fingerprint density at radius 2 is 2.04 bits per heavy atom. The van der Waals surface area contributed by atoms with Gasteiger partial charge in [0, 0.05) is 50.2 Å². The Morgan fingerprint density at radius 1 is 1.25 bits per heavy atom. The van der Waals surface area contributed by atoms with Gasteiger partial charge in [-0.05, 0) is 42.0 Å². The fraction of sp³-hybridized carbons (Fsp3) is 0.476. The Morgan fingerprint density at radius 3 is 2.68 bits per heavy atom. The smallest absolute Gasteiger partial charge is 0.191 e. The van der Waals surface area contributed by atoms with Crippen LogP contribution in [0, 0.1) is 0 Å². The second kappa shape index (κ2) is 10.3. The van der Waals surface area contributed by atoms with Crippen molar-refractivity contribution in [3.63, 3.8) is 0 Å². The minimum atomic E-state index is 0.403. The molecule has 3 rings (SSSR count). The number of rotatable bonds is 8. The van der Waals surface area contributed by atoms with Crippen molar-refractivity contribution in [2.24, 2.45) is 4.99 Å². The molecule has 0 amide bonds. The number of methoxy groups -OCH3 is 2. The van der Waals surface area contributed by atoms with Gasteiger partial charge in [0.2, 0.25) is 0 Å². The normalized spacial score (nSPS) is 17.5. The van der Waals surface area contributed by atoms with Crippen LogP contribution >= 0.6 is 11.3 Å². The van der Waals surface area contributed by atoms with Crippen molar-refractivity contribution in [3.8, 4) is 11.5 Å². The van der Waals surface area contributed by atoms with Crippen molar-refractivity contribution in [2.75, 3.05) is 40.9 Å². The number of thiophene rings is 1. The van der Waals surface area contributed by atoms with E-state index in [2.05, 4.69) is 50.2 Å². The zero-order valence-corrected chi connectivity index (χ0v) is 17.7. The molecule has 1 fully saturated rings. The molecule has 1 aliphatic rings. The molecule has 1 aromatic carbocycles. The minimum Gasteiger partial charge on any atom is -0.497 e. The molecule has 1 unspecified atom stereocenters. The highest BCUT2D eigenvalue weighted by atomic mass is 32.1. The SMILES string of the molecule is CN=C(NCCc1cccs1)NC1CCN(Cc2cc(OC)cc(OC)c2)C1. The van der Waals surface area contributed by atoms with E-state index >= 15 is 0 Å². The first-order valence-electron chi connectivity index (χ1n) is 9.64. The molecule has 0 aliphatic carbocycles. The summed E-state index contributed by atoms with van der Waals surface area (Å²) in [7, 11) is 5.20. The highest BCUT2D eigenvalue weighted by Crippen LogP contribution is 2.24. The quantitative estimate of drug-likeness (QED) is 0.525. The van der Waals surface area contributed by atoms with Gasteiger partial charge in [-0.1, -0.05) is 6.07 Å². The number of ether oxygens (including phenoxy) is 2. The van der Waals surface area contributed by atoms with Gasteiger partial charge in [-0.15, -0.1) is 11.3 Å². The summed E-state index contributed by atoms with van der Waals surface area (Å²) in [6.45, 7) is 3.82. The van der Waals surface area contributed by atoms with Gasteiger partial charge >= 0.3 is 0 Å². The lowest BCUT2D eigenvalue weighted by atomic mass is 10.2. The summed E-state index contributed by atoms with van der Waals surface area (Å²) in [4.78, 5) is 8.21. The number of guanidine groups is 1. The average Bonchev–Trinajstić information content (AvgIpc) is 3.39. The van der Waals surface area contributed by atoms with E-state index in [0.29, 0.717) is 6.04 Å². The maximum atomic E-state index is 5.38. The second-order valence-corrected chi connectivity index (χ2v) is 7.95. The summed E-state index contributed by atoms with van der Waals surface area (Å²) in [6.07, 6.45) is 2.12. The van der Waals surface area contributed by atoms with Gasteiger partial charge < -0.3 is 20.1 Å². The molecule has 0 radical (unpaired) electrons. The van der Waals surface area contributed by atoms with Crippen molar-refractivity contribution in [1.82, 2.24) is 15.5 Å². The topological polar surface area (TPSA) is 58.1 Å². The molecule has 28 heavy (non-hydrogen) atoms. The molecule has 7 heteroatoms. The van der Waals surface area contributed by atoms with Gasteiger partial charge in [-0.2, -0.15) is 0 Å². The van der Waals surface area contributed by atoms with Crippen molar-refractivity contribution in [2.45, 2.75) is 25.4 Å². The molecular weight excluding hydrogens is 372 g/mol. The lowest BCUT2D eigenvalue weighted by Crippen LogP contribution is -2.45. The van der Waals surface area contributed by atoms with Crippen molar-refractivity contribution < 1.29 is 9.47 Å². The first-order valence-corrected chi connectivity index (χ1v) is 10.5. The van der Waals surface area contributed by atoms with E-state index in [4.69, 9.17) is 9.47 Å². The van der Waals surface area contributed by atoms with Gasteiger partial charge in [0.25, 0.3) is 0 Å². The van der Waals surface area contributed by atoms with Crippen LogP contribution in [0.3, 0.4) is 0 Å². The molecule has 1 atom stereocenters. The lowest BCUT2D eigenvalue weighted by molar-refractivity contribution is 0.321. The van der Waals surface area contributed by atoms with Gasteiger partial charge in [0.15, 0.2) is 5.96 Å². The van der Waals surface area contributed by atoms with Crippen molar-refractivity contribution >= 4 is 17.3 Å². The molecule has 0 bridgehead atoms. The lowest BCUT2D eigenvalue weighted by Gasteiger charge is -2.19. The number of nitrogens with one attached hydrogen (secondary N) is 2. The molecule has 2 aromatic rings. The van der Waals surface area contributed by atoms with Crippen LogP contribution in [0.5, 0.6) is 11.5 Å². The van der Waals surface area contributed by atoms with Crippen LogP contribution in [0.4, 0.5) is 0 Å². The van der Waals surface area contributed by atoms with Crippen LogP contribution in [0.25, 0.3) is 0 Å². The van der Waals surface area contributed by atoms with Gasteiger partial charge in [-0.3, -0.25) is 9.89 Å². The molecule has 0 spiro atoms. The summed E-state index contributed by atoms with van der Waals surface area (Å²) >= 11 is 1.80. The third kappa shape index (κ3) is 5.87. The second-order valence-electron chi connectivity index (χ2n) is 6.91. The highest BCUT2D eigenvalue weighted by molar-refractivity contribution is 7.09. The van der Waals surface area contributed by atoms with E-state index in [0.717, 1.165) is 56.5 Å². The van der Waals surface area contributed by atoms with Crippen molar-refractivity contribution in [3.05, 3.63) is 46.2 Å². The van der Waals surface area contributed by atoms with Crippen molar-refractivity contribution in [1.29, 1.82) is 0 Å². The molecule has 2 heterocycles. The van der Waals surface area contributed by atoms with Gasteiger partial charge in [-0.25, -0.2) is 0 Å². The fourth-order valence-electron chi connectivity index (χ4n) is 3.46. The molecule has 1 aliphatic heterocycles. The Labute approximate surface area is 171 Å². The Balaban J connectivity index is 1.46. The van der Waals surface area contributed by atoms with Crippen LogP contribution in [0.2, 0.25) is 0 Å². The summed E-state index contributed by atoms with van der Waals surface area (Å²) in [6, 6.07) is 10.7. The summed E-state index contributed by atoms with van der Waals surface area (Å²) in [5, 5.41) is 9.10. The molecule has 152 valence electrons. The zero-order chi connectivity index (χ0) is 19.8. The van der Waals surface area contributed by atoms with E-state index in [1.165, 1.54) is 10.4 Å². The third-order valence-electron chi connectivity index (χ3n) is 4.90. The summed E-state index contributed by atoms with van der Waals surface area (Å²) < 4.78 is 10.8. The van der Waals surface area contributed by atoms with E-state index in [1.54, 1.807) is 25.6 Å². The number of hydrogen-bond donors (Lipinski definition) is 2. The Hall–Kier alpha value is -2.25. The predicted octanol–water partition coefficient (Wildman–Crippen LogP) is 2.75. The molecule has 2 N–H and O–H groups in total. The van der Waals surface area contributed by atoms with Crippen LogP contribution in [0.15, 0.2) is 40.7 Å². The summed E-state index contributed by atoms with van der Waals surface area (Å²) in [5.74, 6) is 2.54. The number of benzene rings is 1. The number of hydrogen-bond acceptors (Lipinski definition) is 5. The van der Waals surface area contributed by atoms with Gasteiger partial charge in [0.1, 0.15) is 11.5 Å². The molecule has 6 nitrogen and oxygen atoms in total. The first kappa shape index (κ1) is 20.5. The largest absolute Gasteiger partial charge is 0.497 e. The zero-order valence-electron chi connectivity index (χ0n) is 16.9. The minimum absolute atomic E-state index is 0.403. The molecule has 1 saturated heterocycles. The fourth-order valence-corrected chi connectivity index (χ4v) is 4.17. The standard InChI is InChI=1S/C21H30N4O2S/c1-22-21(23-8-6-20-5-4-10-28-20)24-17-7-9-25(15-17)14-16-11-18(26-2)13-19(12-16)27-3/h4-5,10-13,17H,6-9,14-15H2,1-3H3,(H2,22,23,24). The van der Waals surface area contributed by atoms with E-state index in [-0.39, 0.29) is 0 Å². The molecular formula is C21H30N4O2S. The first-order chi connectivity index (χ1) is 13.7. The Kier molecular flexibility index (Phi) is 7.56. The monoisotopic (exact) mass is 402 g/mol. The van der Waals surface area contributed by atoms with Crippen LogP contribution in [0.1, 0.15) is 16.9 Å². The van der Waals surface area contributed by atoms with E-state index in [9.17, 15) is 0 Å². The van der Waals surface area contributed by atoms with E-state index < -0.39 is 0 Å². The Bertz CT molecular complexity index is 742. The number of nitrogens with zero attached hydrogens (tertiary/aromatic N) is 2. The molecule has 1 aromatic heterocycles. The maximum Gasteiger partial charge on any atom is 0.191 e. The number of aliphatic imine (C=N–C) groups is 1.